The summed E-state index contributed by atoms with van der Waals surface area (Å²) in [6.07, 6.45) is 35.6. The quantitative estimate of drug-likeness (QED) is 0.0211. The van der Waals surface area contributed by atoms with Crippen molar-refractivity contribution in [3.8, 4) is 0 Å². The van der Waals surface area contributed by atoms with Gasteiger partial charge in [-0.3, -0.25) is 9.59 Å². The molecule has 0 aliphatic carbocycles. The van der Waals surface area contributed by atoms with Gasteiger partial charge >= 0.3 is 18.0 Å². The third-order valence-electron chi connectivity index (χ3n) is 10.1. The van der Waals surface area contributed by atoms with Crippen LogP contribution in [0.25, 0.3) is 0 Å². The molecule has 0 spiro atoms. The molecule has 1 atom stereocenters. The van der Waals surface area contributed by atoms with Gasteiger partial charge in [-0.25, -0.2) is 4.79 Å². The van der Waals surface area contributed by atoms with Crippen LogP contribution in [-0.2, 0) is 33.3 Å². The number of aliphatic hydroxyl groups excluding tert-OH is 1. The number of aliphatic hydroxyl groups is 1. The highest BCUT2D eigenvalue weighted by Crippen LogP contribution is 2.14. The summed E-state index contributed by atoms with van der Waals surface area (Å²) in [7, 11) is 0. The van der Waals surface area contributed by atoms with E-state index in [1.54, 1.807) is 0 Å². The summed E-state index contributed by atoms with van der Waals surface area (Å²) in [6, 6.07) is 0. The van der Waals surface area contributed by atoms with Crippen molar-refractivity contribution in [1.82, 2.24) is 4.90 Å². The Kier molecular flexibility index (Phi) is 42.3. The molecule has 1 unspecified atom stereocenters. The van der Waals surface area contributed by atoms with E-state index in [1.807, 2.05) is 6.92 Å². The van der Waals surface area contributed by atoms with Gasteiger partial charge in [0.2, 0.25) is 0 Å². The molecule has 0 bridgehead atoms. The van der Waals surface area contributed by atoms with Crippen LogP contribution in [0.15, 0.2) is 24.3 Å². The van der Waals surface area contributed by atoms with E-state index in [-0.39, 0.29) is 38.8 Å². The SMILES string of the molecule is CCCCC/C=C\C/C=C\CCCCCCCC(=O)OCC(COC(=O)CCC(OCCCCCCCC)OCCCCCCCC)COC(=O)N(CC)CCCO. The third kappa shape index (κ3) is 37.8. The summed E-state index contributed by atoms with van der Waals surface area (Å²) in [6.45, 7) is 10.3. The van der Waals surface area contributed by atoms with Crippen molar-refractivity contribution in [1.29, 1.82) is 0 Å². The summed E-state index contributed by atoms with van der Waals surface area (Å²) >= 11 is 0. The molecule has 0 rings (SSSR count). The van der Waals surface area contributed by atoms with E-state index in [4.69, 9.17) is 23.7 Å². The van der Waals surface area contributed by atoms with E-state index in [1.165, 1.54) is 81.9 Å². The molecule has 0 saturated heterocycles. The van der Waals surface area contributed by atoms with Crippen LogP contribution in [-0.4, -0.2) is 87.1 Å². The summed E-state index contributed by atoms with van der Waals surface area (Å²) in [5.41, 5.74) is 0. The van der Waals surface area contributed by atoms with Crippen LogP contribution in [0, 0.1) is 5.92 Å². The largest absolute Gasteiger partial charge is 0.465 e. The third-order valence-corrected chi connectivity index (χ3v) is 10.1. The highest BCUT2D eigenvalue weighted by atomic mass is 16.7. The molecule has 340 valence electrons. The monoisotopic (exact) mass is 824 g/mol. The fourth-order valence-corrected chi connectivity index (χ4v) is 6.36. The maximum absolute atomic E-state index is 12.9. The molecule has 0 aliphatic heterocycles. The Labute approximate surface area is 355 Å². The second-order valence-electron chi connectivity index (χ2n) is 15.7. The molecule has 1 N–H and O–H groups in total. The number of unbranched alkanes of at least 4 members (excludes halogenated alkanes) is 18. The van der Waals surface area contributed by atoms with Crippen LogP contribution in [0.3, 0.4) is 0 Å². The van der Waals surface area contributed by atoms with Gasteiger partial charge in [0, 0.05) is 45.8 Å². The normalized spacial score (nSPS) is 12.2. The van der Waals surface area contributed by atoms with Gasteiger partial charge in [0.1, 0.15) is 19.8 Å². The van der Waals surface area contributed by atoms with Crippen molar-refractivity contribution in [3.05, 3.63) is 24.3 Å². The van der Waals surface area contributed by atoms with Crippen LogP contribution in [0.4, 0.5) is 4.79 Å². The number of nitrogens with zero attached hydrogens (tertiary/aromatic N) is 1. The number of hydrogen-bond donors (Lipinski definition) is 1. The topological polar surface area (TPSA) is 121 Å². The second kappa shape index (κ2) is 44.1. The van der Waals surface area contributed by atoms with E-state index >= 15 is 0 Å². The van der Waals surface area contributed by atoms with Crippen molar-refractivity contribution >= 4 is 18.0 Å². The molecule has 0 heterocycles. The van der Waals surface area contributed by atoms with Crippen LogP contribution in [0.5, 0.6) is 0 Å². The van der Waals surface area contributed by atoms with Gasteiger partial charge in [-0.2, -0.15) is 0 Å². The van der Waals surface area contributed by atoms with E-state index in [9.17, 15) is 19.5 Å². The number of esters is 2. The molecule has 0 aromatic rings. The second-order valence-corrected chi connectivity index (χ2v) is 15.7. The molecular weight excluding hydrogens is 735 g/mol. The van der Waals surface area contributed by atoms with Crippen molar-refractivity contribution in [3.63, 3.8) is 0 Å². The molecule has 1 amide bonds. The minimum absolute atomic E-state index is 0.0201. The number of amides is 1. The van der Waals surface area contributed by atoms with E-state index in [0.29, 0.717) is 45.6 Å². The van der Waals surface area contributed by atoms with Crippen molar-refractivity contribution < 1.29 is 43.2 Å². The minimum Gasteiger partial charge on any atom is -0.465 e. The van der Waals surface area contributed by atoms with Crippen molar-refractivity contribution in [2.24, 2.45) is 5.92 Å². The lowest BCUT2D eigenvalue weighted by Crippen LogP contribution is -2.35. The fraction of sp³-hybridized carbons (Fsp3) is 0.854. The fourth-order valence-electron chi connectivity index (χ4n) is 6.36. The minimum atomic E-state index is -0.517. The number of hydrogen-bond acceptors (Lipinski definition) is 9. The predicted octanol–water partition coefficient (Wildman–Crippen LogP) is 12.2. The first-order valence-corrected chi connectivity index (χ1v) is 23.8. The molecule has 58 heavy (non-hydrogen) atoms. The Balaban J connectivity index is 4.84. The van der Waals surface area contributed by atoms with Gasteiger partial charge in [0.15, 0.2) is 6.29 Å². The predicted molar refractivity (Wildman–Crippen MR) is 237 cm³/mol. The molecule has 0 aromatic carbocycles. The first kappa shape index (κ1) is 55.6. The van der Waals surface area contributed by atoms with Gasteiger partial charge in [0.05, 0.1) is 12.3 Å². The Hall–Kier alpha value is -2.43. The Morgan fingerprint density at radius 1 is 0.534 bits per heavy atom. The Bertz CT molecular complexity index is 970. The smallest absolute Gasteiger partial charge is 0.409 e. The number of carbonyl (C=O) groups excluding carboxylic acids is 3. The van der Waals surface area contributed by atoms with E-state index < -0.39 is 24.3 Å². The summed E-state index contributed by atoms with van der Waals surface area (Å²) in [5.74, 6) is -1.22. The molecule has 10 heteroatoms. The molecule has 0 radical (unpaired) electrons. The van der Waals surface area contributed by atoms with Crippen LogP contribution >= 0.6 is 0 Å². The van der Waals surface area contributed by atoms with Gasteiger partial charge < -0.3 is 33.7 Å². The van der Waals surface area contributed by atoms with E-state index in [0.717, 1.165) is 70.6 Å². The molecule has 0 aliphatic rings. The van der Waals surface area contributed by atoms with Gasteiger partial charge in [0.25, 0.3) is 0 Å². The number of allylic oxidation sites excluding steroid dienone is 4. The zero-order chi connectivity index (χ0) is 42.6. The van der Waals surface area contributed by atoms with Gasteiger partial charge in [-0.1, -0.05) is 141 Å². The van der Waals surface area contributed by atoms with Gasteiger partial charge in [-0.15, -0.1) is 0 Å². The first-order chi connectivity index (χ1) is 28.4. The van der Waals surface area contributed by atoms with Crippen molar-refractivity contribution in [2.75, 3.05) is 52.7 Å². The highest BCUT2D eigenvalue weighted by Gasteiger charge is 2.21. The lowest BCUT2D eigenvalue weighted by atomic mass is 10.1. The molecular formula is C48H89NO9. The van der Waals surface area contributed by atoms with Crippen LogP contribution < -0.4 is 0 Å². The van der Waals surface area contributed by atoms with Crippen LogP contribution in [0.1, 0.15) is 201 Å². The molecule has 10 nitrogen and oxygen atoms in total. The summed E-state index contributed by atoms with van der Waals surface area (Å²) in [4.78, 5) is 39.8. The lowest BCUT2D eigenvalue weighted by Gasteiger charge is -2.23. The van der Waals surface area contributed by atoms with Gasteiger partial charge in [-0.05, 0) is 64.7 Å². The first-order valence-electron chi connectivity index (χ1n) is 23.8. The summed E-state index contributed by atoms with van der Waals surface area (Å²) in [5, 5.41) is 9.20. The average Bonchev–Trinajstić information content (AvgIpc) is 3.23. The number of carbonyl (C=O) groups is 3. The van der Waals surface area contributed by atoms with E-state index in [2.05, 4.69) is 45.1 Å². The Morgan fingerprint density at radius 3 is 1.55 bits per heavy atom. The standard InChI is InChI=1S/C48H89NO9/c1-5-9-12-15-18-19-20-21-22-23-24-25-26-27-30-34-45(51)56-41-44(43-58-48(53)49(8-4)37-33-38-50)42-57-46(52)35-36-47(54-39-31-28-16-13-10-6-2)55-40-32-29-17-14-11-7-3/h18-19,21-22,44,47,50H,5-17,20,23-43H2,1-4H3/b19-18-,22-21-. The lowest BCUT2D eigenvalue weighted by molar-refractivity contribution is -0.161. The number of rotatable bonds is 43. The molecule has 0 fully saturated rings. The Morgan fingerprint density at radius 2 is 1.00 bits per heavy atom. The van der Waals surface area contributed by atoms with Crippen molar-refractivity contribution in [2.45, 2.75) is 207 Å². The number of ether oxygens (including phenoxy) is 5. The zero-order valence-electron chi connectivity index (χ0n) is 37.9. The highest BCUT2D eigenvalue weighted by molar-refractivity contribution is 5.70. The maximum Gasteiger partial charge on any atom is 0.409 e. The maximum atomic E-state index is 12.9. The molecule has 0 saturated carbocycles. The zero-order valence-corrected chi connectivity index (χ0v) is 37.9. The molecule has 0 aromatic heterocycles. The van der Waals surface area contributed by atoms with Crippen LogP contribution in [0.2, 0.25) is 0 Å². The average molecular weight is 824 g/mol. The summed E-state index contributed by atoms with van der Waals surface area (Å²) < 4.78 is 28.9.